The average molecular weight is 429 g/mol. The summed E-state index contributed by atoms with van der Waals surface area (Å²) in [5, 5.41) is 2.71. The van der Waals surface area contributed by atoms with E-state index in [2.05, 4.69) is 10.3 Å². The molecule has 1 rings (SSSR count). The molecule has 0 fully saturated rings. The van der Waals surface area contributed by atoms with Crippen LogP contribution < -0.4 is 11.1 Å². The maximum absolute atomic E-state index is 13.4. The fourth-order valence-corrected chi connectivity index (χ4v) is 2.70. The number of hydrogen-bond acceptors (Lipinski definition) is 3. The van der Waals surface area contributed by atoms with Gasteiger partial charge in [0.05, 0.1) is 5.75 Å². The molecule has 0 aromatic heterocycles. The molecule has 0 aliphatic carbocycles. The third-order valence-corrected chi connectivity index (χ3v) is 4.22. The molecular weight excluding hydrogens is 408 g/mol. The van der Waals surface area contributed by atoms with E-state index < -0.39 is 15.7 Å². The molecule has 21 heavy (non-hydrogen) atoms. The highest BCUT2D eigenvalue weighted by Gasteiger charge is 2.18. The lowest BCUT2D eigenvalue weighted by Gasteiger charge is -2.08. The summed E-state index contributed by atoms with van der Waals surface area (Å²) < 4.78 is 37.3. The van der Waals surface area contributed by atoms with Gasteiger partial charge in [-0.3, -0.25) is 4.99 Å². The van der Waals surface area contributed by atoms with Crippen LogP contribution >= 0.6 is 24.0 Å². The Morgan fingerprint density at radius 1 is 1.38 bits per heavy atom. The van der Waals surface area contributed by atoms with Gasteiger partial charge in [0, 0.05) is 13.1 Å². The topological polar surface area (TPSA) is 84.5 Å². The van der Waals surface area contributed by atoms with Crippen molar-refractivity contribution in [1.82, 2.24) is 5.32 Å². The number of sulfone groups is 1. The number of guanidine groups is 1. The number of hydrogen-bond donors (Lipinski definition) is 2. The lowest BCUT2D eigenvalue weighted by Crippen LogP contribution is -2.35. The van der Waals surface area contributed by atoms with Crippen LogP contribution in [0.15, 0.2) is 34.2 Å². The maximum Gasteiger partial charge on any atom is 0.188 e. The summed E-state index contributed by atoms with van der Waals surface area (Å²) in [5.74, 6) is -0.417. The summed E-state index contributed by atoms with van der Waals surface area (Å²) >= 11 is 0. The highest BCUT2D eigenvalue weighted by molar-refractivity contribution is 14.0. The first-order chi connectivity index (χ1) is 9.33. The molecule has 0 saturated heterocycles. The van der Waals surface area contributed by atoms with Crippen molar-refractivity contribution < 1.29 is 12.8 Å². The first-order valence-corrected chi connectivity index (χ1v) is 7.99. The lowest BCUT2D eigenvalue weighted by molar-refractivity contribution is 0.566. The Morgan fingerprint density at radius 3 is 2.57 bits per heavy atom. The molecular formula is C13H21FIN3O2S. The van der Waals surface area contributed by atoms with Crippen LogP contribution in [0.2, 0.25) is 0 Å². The highest BCUT2D eigenvalue weighted by Crippen LogP contribution is 2.14. The first kappa shape index (κ1) is 20.1. The molecule has 0 heterocycles. The third-order valence-electron chi connectivity index (χ3n) is 2.48. The average Bonchev–Trinajstić information content (AvgIpc) is 2.36. The van der Waals surface area contributed by atoms with Gasteiger partial charge in [-0.15, -0.1) is 24.0 Å². The fourth-order valence-electron chi connectivity index (χ4n) is 1.46. The minimum Gasteiger partial charge on any atom is -0.370 e. The zero-order valence-corrected chi connectivity index (χ0v) is 15.2. The van der Waals surface area contributed by atoms with E-state index in [4.69, 9.17) is 5.73 Å². The normalized spacial score (nSPS) is 12.1. The first-order valence-electron chi connectivity index (χ1n) is 6.34. The monoisotopic (exact) mass is 429 g/mol. The fraction of sp³-hybridized carbons (Fsp3) is 0.462. The van der Waals surface area contributed by atoms with Crippen LogP contribution in [0.4, 0.5) is 4.39 Å². The molecule has 1 aromatic rings. The smallest absolute Gasteiger partial charge is 0.188 e. The molecule has 0 radical (unpaired) electrons. The van der Waals surface area contributed by atoms with E-state index in [1.54, 1.807) is 0 Å². The Bertz CT molecular complexity index is 577. The summed E-state index contributed by atoms with van der Waals surface area (Å²) in [5.41, 5.74) is 5.59. The van der Waals surface area contributed by atoms with E-state index in [1.807, 2.05) is 13.8 Å². The molecule has 120 valence electrons. The standard InChI is InChI=1S/C13H20FN3O2S.HI/c1-10(2)9-17-13(15)16-7-8-20(18,19)12-6-4-3-5-11(12)14;/h3-6,10H,7-9H2,1-2H3,(H3,15,16,17);1H. The lowest BCUT2D eigenvalue weighted by atomic mass is 10.2. The van der Waals surface area contributed by atoms with Gasteiger partial charge < -0.3 is 11.1 Å². The third kappa shape index (κ3) is 7.07. The van der Waals surface area contributed by atoms with Gasteiger partial charge in [-0.2, -0.15) is 0 Å². The van der Waals surface area contributed by atoms with Crippen molar-refractivity contribution in [3.8, 4) is 0 Å². The molecule has 0 amide bonds. The van der Waals surface area contributed by atoms with Gasteiger partial charge >= 0.3 is 0 Å². The van der Waals surface area contributed by atoms with Crippen LogP contribution in [-0.2, 0) is 9.84 Å². The molecule has 0 spiro atoms. The van der Waals surface area contributed by atoms with Crippen molar-refractivity contribution in [3.05, 3.63) is 30.1 Å². The quantitative estimate of drug-likeness (QED) is 0.410. The van der Waals surface area contributed by atoms with Crippen molar-refractivity contribution in [3.63, 3.8) is 0 Å². The number of rotatable bonds is 6. The van der Waals surface area contributed by atoms with E-state index in [0.29, 0.717) is 12.5 Å². The van der Waals surface area contributed by atoms with Crippen molar-refractivity contribution >= 4 is 39.8 Å². The van der Waals surface area contributed by atoms with Crippen molar-refractivity contribution in [2.24, 2.45) is 16.6 Å². The maximum atomic E-state index is 13.4. The zero-order chi connectivity index (χ0) is 15.2. The SMILES string of the molecule is CC(C)CN=C(N)NCCS(=O)(=O)c1ccccc1F.I. The second kappa shape index (κ2) is 9.19. The molecule has 5 nitrogen and oxygen atoms in total. The predicted molar refractivity (Wildman–Crippen MR) is 93.2 cm³/mol. The minimum atomic E-state index is -3.67. The second-order valence-electron chi connectivity index (χ2n) is 4.80. The van der Waals surface area contributed by atoms with Crippen LogP contribution in [0.25, 0.3) is 0 Å². The van der Waals surface area contributed by atoms with Crippen molar-refractivity contribution in [1.29, 1.82) is 0 Å². The summed E-state index contributed by atoms with van der Waals surface area (Å²) in [6.45, 7) is 4.65. The van der Waals surface area contributed by atoms with E-state index in [-0.39, 0.29) is 47.1 Å². The van der Waals surface area contributed by atoms with Gasteiger partial charge in [0.2, 0.25) is 0 Å². The van der Waals surface area contributed by atoms with Crippen LogP contribution in [-0.4, -0.2) is 33.2 Å². The van der Waals surface area contributed by atoms with Crippen LogP contribution in [0.1, 0.15) is 13.8 Å². The van der Waals surface area contributed by atoms with Gasteiger partial charge in [-0.1, -0.05) is 26.0 Å². The summed E-state index contributed by atoms with van der Waals surface area (Å²) in [4.78, 5) is 3.76. The van der Waals surface area contributed by atoms with Gasteiger partial charge in [0.1, 0.15) is 10.7 Å². The Labute approximate surface area is 142 Å². The molecule has 3 N–H and O–H groups in total. The number of nitrogens with one attached hydrogen (secondary N) is 1. The zero-order valence-electron chi connectivity index (χ0n) is 12.0. The molecule has 0 atom stereocenters. The number of nitrogens with two attached hydrogens (primary N) is 1. The highest BCUT2D eigenvalue weighted by atomic mass is 127. The Kier molecular flexibility index (Phi) is 8.79. The molecule has 8 heteroatoms. The molecule has 0 aliphatic rings. The molecule has 0 saturated carbocycles. The molecule has 0 bridgehead atoms. The predicted octanol–water partition coefficient (Wildman–Crippen LogP) is 1.78. The second-order valence-corrected chi connectivity index (χ2v) is 6.87. The van der Waals surface area contributed by atoms with Crippen molar-refractivity contribution in [2.45, 2.75) is 18.7 Å². The number of aliphatic imine (C=N–C) groups is 1. The van der Waals surface area contributed by atoms with Gasteiger partial charge in [-0.05, 0) is 18.1 Å². The van der Waals surface area contributed by atoms with Crippen molar-refractivity contribution in [2.75, 3.05) is 18.8 Å². The molecule has 0 unspecified atom stereocenters. The minimum absolute atomic E-state index is 0. The van der Waals surface area contributed by atoms with Crippen LogP contribution in [0.5, 0.6) is 0 Å². The van der Waals surface area contributed by atoms with Gasteiger partial charge in [-0.25, -0.2) is 12.8 Å². The van der Waals surface area contributed by atoms with Crippen LogP contribution in [0.3, 0.4) is 0 Å². The summed E-state index contributed by atoms with van der Waals surface area (Å²) in [6.07, 6.45) is 0. The molecule has 0 aliphatic heterocycles. The van der Waals surface area contributed by atoms with E-state index in [9.17, 15) is 12.8 Å². The van der Waals surface area contributed by atoms with E-state index in [0.717, 1.165) is 6.07 Å². The van der Waals surface area contributed by atoms with E-state index >= 15 is 0 Å². The van der Waals surface area contributed by atoms with Crippen LogP contribution in [0, 0.1) is 11.7 Å². The number of nitrogens with zero attached hydrogens (tertiary/aromatic N) is 1. The van der Waals surface area contributed by atoms with E-state index in [1.165, 1.54) is 18.2 Å². The molecule has 1 aromatic carbocycles. The number of halogens is 2. The Balaban J connectivity index is 0.00000400. The van der Waals surface area contributed by atoms with Gasteiger partial charge in [0.15, 0.2) is 15.8 Å². The van der Waals surface area contributed by atoms with Gasteiger partial charge in [0.25, 0.3) is 0 Å². The largest absolute Gasteiger partial charge is 0.370 e. The summed E-state index contributed by atoms with van der Waals surface area (Å²) in [6, 6.07) is 5.31. The summed E-state index contributed by atoms with van der Waals surface area (Å²) in [7, 11) is -3.67. The number of benzene rings is 1. The Hall–Kier alpha value is -0.900. The Morgan fingerprint density at radius 2 is 2.00 bits per heavy atom.